The molecule has 2 N–H and O–H groups in total. The second kappa shape index (κ2) is 5.75. The van der Waals surface area contributed by atoms with E-state index >= 15 is 0 Å². The molecule has 1 aromatic heterocycles. The Kier molecular flexibility index (Phi) is 4.61. The van der Waals surface area contributed by atoms with Gasteiger partial charge in [0.25, 0.3) is 6.43 Å². The molecule has 16 heavy (non-hydrogen) atoms. The molecule has 0 aliphatic heterocycles. The molecule has 0 fully saturated rings. The molecule has 0 spiro atoms. The van der Waals surface area contributed by atoms with E-state index in [9.17, 15) is 8.78 Å². The summed E-state index contributed by atoms with van der Waals surface area (Å²) in [5.74, 6) is 0.392. The molecule has 1 unspecified atom stereocenters. The summed E-state index contributed by atoms with van der Waals surface area (Å²) in [6.45, 7) is 3.05. The third-order valence-corrected chi connectivity index (χ3v) is 1.95. The normalized spacial score (nSPS) is 12.9. The molecule has 0 aromatic carbocycles. The third-order valence-electron chi connectivity index (χ3n) is 1.95. The van der Waals surface area contributed by atoms with E-state index < -0.39 is 13.0 Å². The molecule has 0 amide bonds. The predicted octanol–water partition coefficient (Wildman–Crippen LogP) is 1.92. The molecule has 1 atom stereocenters. The van der Waals surface area contributed by atoms with E-state index in [0.29, 0.717) is 17.9 Å². The van der Waals surface area contributed by atoms with Crippen LogP contribution in [0, 0.1) is 6.92 Å². The van der Waals surface area contributed by atoms with Crippen LogP contribution in [0.25, 0.3) is 0 Å². The number of nitrogens with two attached hydrogens (primary N) is 1. The van der Waals surface area contributed by atoms with Gasteiger partial charge in [-0.15, -0.1) is 0 Å². The lowest BCUT2D eigenvalue weighted by atomic mass is 10.1. The first kappa shape index (κ1) is 12.8. The first-order chi connectivity index (χ1) is 7.49. The molecule has 0 bridgehead atoms. The van der Waals surface area contributed by atoms with Gasteiger partial charge in [-0.1, -0.05) is 0 Å². The molecule has 0 saturated carbocycles. The van der Waals surface area contributed by atoms with Crippen molar-refractivity contribution in [2.45, 2.75) is 32.7 Å². The molecule has 0 aliphatic rings. The maximum atomic E-state index is 12.0. The van der Waals surface area contributed by atoms with E-state index in [4.69, 9.17) is 10.5 Å². The summed E-state index contributed by atoms with van der Waals surface area (Å²) >= 11 is 0. The first-order valence-electron chi connectivity index (χ1n) is 5.12. The van der Waals surface area contributed by atoms with Gasteiger partial charge in [-0.3, -0.25) is 4.98 Å². The van der Waals surface area contributed by atoms with E-state index in [0.717, 1.165) is 5.69 Å². The van der Waals surface area contributed by atoms with E-state index in [1.165, 1.54) is 0 Å². The Morgan fingerprint density at radius 1 is 1.44 bits per heavy atom. The van der Waals surface area contributed by atoms with Gasteiger partial charge in [0.05, 0.1) is 5.69 Å². The standard InChI is InChI=1S/C11H16F2N2O/c1-7(14)5-9-10(16-6-11(12)13)4-3-8(2)15-9/h3-4,7,11H,5-6,14H2,1-2H3. The average Bonchev–Trinajstić information content (AvgIpc) is 2.15. The molecule has 0 aliphatic carbocycles. The van der Waals surface area contributed by atoms with Crippen molar-refractivity contribution < 1.29 is 13.5 Å². The van der Waals surface area contributed by atoms with Gasteiger partial charge in [0.2, 0.25) is 0 Å². The predicted molar refractivity (Wildman–Crippen MR) is 57.8 cm³/mol. The Morgan fingerprint density at radius 2 is 2.12 bits per heavy atom. The number of aromatic nitrogens is 1. The highest BCUT2D eigenvalue weighted by Crippen LogP contribution is 2.18. The Balaban J connectivity index is 2.80. The highest BCUT2D eigenvalue weighted by atomic mass is 19.3. The van der Waals surface area contributed by atoms with E-state index in [-0.39, 0.29) is 6.04 Å². The number of halogens is 2. The number of hydrogen-bond acceptors (Lipinski definition) is 3. The number of nitrogens with zero attached hydrogens (tertiary/aromatic N) is 1. The van der Waals surface area contributed by atoms with Crippen LogP contribution in [0.5, 0.6) is 5.75 Å². The minimum absolute atomic E-state index is 0.0804. The minimum Gasteiger partial charge on any atom is -0.486 e. The second-order valence-corrected chi connectivity index (χ2v) is 3.78. The van der Waals surface area contributed by atoms with Gasteiger partial charge in [0.15, 0.2) is 0 Å². The van der Waals surface area contributed by atoms with Crippen LogP contribution in [0.3, 0.4) is 0 Å². The van der Waals surface area contributed by atoms with Gasteiger partial charge < -0.3 is 10.5 Å². The van der Waals surface area contributed by atoms with Crippen molar-refractivity contribution in [3.63, 3.8) is 0 Å². The van der Waals surface area contributed by atoms with Gasteiger partial charge in [0.1, 0.15) is 12.4 Å². The van der Waals surface area contributed by atoms with Gasteiger partial charge in [-0.05, 0) is 26.0 Å². The molecule has 3 nitrogen and oxygen atoms in total. The van der Waals surface area contributed by atoms with Crippen molar-refractivity contribution in [2.75, 3.05) is 6.61 Å². The number of pyridine rings is 1. The first-order valence-corrected chi connectivity index (χ1v) is 5.12. The smallest absolute Gasteiger partial charge is 0.272 e. The zero-order chi connectivity index (χ0) is 12.1. The largest absolute Gasteiger partial charge is 0.486 e. The maximum Gasteiger partial charge on any atom is 0.272 e. The number of hydrogen-bond donors (Lipinski definition) is 1. The maximum absolute atomic E-state index is 12.0. The molecule has 5 heteroatoms. The summed E-state index contributed by atoms with van der Waals surface area (Å²) in [5, 5.41) is 0. The SMILES string of the molecule is Cc1ccc(OCC(F)F)c(CC(C)N)n1. The summed E-state index contributed by atoms with van der Waals surface area (Å²) in [6, 6.07) is 3.30. The minimum atomic E-state index is -2.48. The summed E-state index contributed by atoms with van der Waals surface area (Å²) in [5.41, 5.74) is 7.11. The summed E-state index contributed by atoms with van der Waals surface area (Å²) in [4.78, 5) is 4.24. The number of aryl methyl sites for hydroxylation is 1. The number of ether oxygens (including phenoxy) is 1. The fourth-order valence-corrected chi connectivity index (χ4v) is 1.33. The van der Waals surface area contributed by atoms with Crippen LogP contribution in [0.1, 0.15) is 18.3 Å². The topological polar surface area (TPSA) is 48.1 Å². The van der Waals surface area contributed by atoms with Crippen LogP contribution in [-0.4, -0.2) is 24.1 Å². The molecule has 1 heterocycles. The fourth-order valence-electron chi connectivity index (χ4n) is 1.33. The Morgan fingerprint density at radius 3 is 2.69 bits per heavy atom. The number of alkyl halides is 2. The van der Waals surface area contributed by atoms with Gasteiger partial charge in [0, 0.05) is 18.2 Å². The van der Waals surface area contributed by atoms with Crippen molar-refractivity contribution in [3.05, 3.63) is 23.5 Å². The Labute approximate surface area is 93.6 Å². The van der Waals surface area contributed by atoms with Crippen LogP contribution in [0.4, 0.5) is 8.78 Å². The lowest BCUT2D eigenvalue weighted by Crippen LogP contribution is -2.20. The van der Waals surface area contributed by atoms with Crippen molar-refractivity contribution in [3.8, 4) is 5.75 Å². The van der Waals surface area contributed by atoms with Crippen molar-refractivity contribution >= 4 is 0 Å². The highest BCUT2D eigenvalue weighted by molar-refractivity contribution is 5.29. The summed E-state index contributed by atoms with van der Waals surface area (Å²) < 4.78 is 29.0. The lowest BCUT2D eigenvalue weighted by Gasteiger charge is -2.12. The quantitative estimate of drug-likeness (QED) is 0.840. The zero-order valence-corrected chi connectivity index (χ0v) is 9.41. The van der Waals surface area contributed by atoms with Gasteiger partial charge >= 0.3 is 0 Å². The average molecular weight is 230 g/mol. The van der Waals surface area contributed by atoms with Crippen molar-refractivity contribution in [1.82, 2.24) is 4.98 Å². The van der Waals surface area contributed by atoms with E-state index in [1.807, 2.05) is 13.8 Å². The van der Waals surface area contributed by atoms with Crippen LogP contribution in [-0.2, 0) is 6.42 Å². The van der Waals surface area contributed by atoms with E-state index in [1.54, 1.807) is 12.1 Å². The molecule has 90 valence electrons. The van der Waals surface area contributed by atoms with Crippen molar-refractivity contribution in [1.29, 1.82) is 0 Å². The van der Waals surface area contributed by atoms with Gasteiger partial charge in [-0.25, -0.2) is 8.78 Å². The van der Waals surface area contributed by atoms with Crippen LogP contribution in [0.15, 0.2) is 12.1 Å². The Bertz CT molecular complexity index is 343. The Hall–Kier alpha value is -1.23. The molecule has 1 rings (SSSR count). The van der Waals surface area contributed by atoms with Crippen LogP contribution in [0.2, 0.25) is 0 Å². The molecular weight excluding hydrogens is 214 g/mol. The van der Waals surface area contributed by atoms with Crippen LogP contribution >= 0.6 is 0 Å². The summed E-state index contributed by atoms with van der Waals surface area (Å²) in [6.07, 6.45) is -1.97. The molecule has 0 radical (unpaired) electrons. The zero-order valence-electron chi connectivity index (χ0n) is 9.41. The molecular formula is C11H16F2N2O. The van der Waals surface area contributed by atoms with Crippen LogP contribution < -0.4 is 10.5 Å². The monoisotopic (exact) mass is 230 g/mol. The number of rotatable bonds is 5. The fraction of sp³-hybridized carbons (Fsp3) is 0.545. The highest BCUT2D eigenvalue weighted by Gasteiger charge is 2.10. The third kappa shape index (κ3) is 4.10. The second-order valence-electron chi connectivity index (χ2n) is 3.78. The lowest BCUT2D eigenvalue weighted by molar-refractivity contribution is 0.0811. The summed E-state index contributed by atoms with van der Waals surface area (Å²) in [7, 11) is 0. The van der Waals surface area contributed by atoms with Crippen molar-refractivity contribution in [2.24, 2.45) is 5.73 Å². The van der Waals surface area contributed by atoms with E-state index in [2.05, 4.69) is 4.98 Å². The molecule has 0 saturated heterocycles. The molecule has 1 aromatic rings. The van der Waals surface area contributed by atoms with Gasteiger partial charge in [-0.2, -0.15) is 0 Å².